The van der Waals surface area contributed by atoms with E-state index in [1.807, 2.05) is 26.8 Å². The van der Waals surface area contributed by atoms with Crippen LogP contribution in [-0.4, -0.2) is 122 Å². The van der Waals surface area contributed by atoms with Crippen LogP contribution in [0.25, 0.3) is 0 Å². The van der Waals surface area contributed by atoms with Crippen LogP contribution in [0.4, 0.5) is 21.0 Å². The smallest absolute Gasteiger partial charge is 0.412 e. The molecule has 0 aliphatic carbocycles. The molecule has 20 heteroatoms. The minimum Gasteiger partial charge on any atom is -0.495 e. The van der Waals surface area contributed by atoms with Crippen molar-refractivity contribution in [1.29, 1.82) is 0 Å². The molecule has 9 atom stereocenters. The Bertz CT molecular complexity index is 2580. The van der Waals surface area contributed by atoms with Gasteiger partial charge in [-0.3, -0.25) is 29.3 Å². The van der Waals surface area contributed by atoms with Gasteiger partial charge in [0.15, 0.2) is 5.78 Å². The molecule has 0 unspecified atom stereocenters. The molecule has 4 bridgehead atoms. The molecule has 3 aliphatic heterocycles. The summed E-state index contributed by atoms with van der Waals surface area (Å²) in [5.41, 5.74) is 5.84. The van der Waals surface area contributed by atoms with Gasteiger partial charge in [0, 0.05) is 70.3 Å². The van der Waals surface area contributed by atoms with Crippen molar-refractivity contribution >= 4 is 70.2 Å². The zero-order valence-electron chi connectivity index (χ0n) is 46.1. The van der Waals surface area contributed by atoms with Crippen LogP contribution < -0.4 is 31.3 Å². The largest absolute Gasteiger partial charge is 0.495 e. The average Bonchev–Trinajstić information content (AvgIpc) is 4.09. The van der Waals surface area contributed by atoms with Gasteiger partial charge < -0.3 is 54.9 Å². The van der Waals surface area contributed by atoms with Crippen LogP contribution in [0.15, 0.2) is 54.1 Å². The van der Waals surface area contributed by atoms with Gasteiger partial charge >= 0.3 is 18.1 Å². The number of nitrogens with zero attached hydrogens (tertiary/aromatic N) is 1. The molecule has 3 aliphatic rings. The van der Waals surface area contributed by atoms with E-state index in [9.17, 15) is 43.5 Å². The number of esters is 1. The number of Topliss-reactive ketones (excluding diaryl/α,β-unsaturated/α-hetero) is 3. The van der Waals surface area contributed by atoms with Gasteiger partial charge in [0.25, 0.3) is 0 Å². The number of carbonyl (C=O) groups excluding carboxylic acids is 8. The fourth-order valence-corrected chi connectivity index (χ4v) is 10.5. The second-order valence-corrected chi connectivity index (χ2v) is 21.8. The molecule has 2 aromatic rings. The number of hydrogen-bond acceptors (Lipinski definition) is 14. The summed E-state index contributed by atoms with van der Waals surface area (Å²) in [4.78, 5) is 106. The van der Waals surface area contributed by atoms with E-state index in [0.29, 0.717) is 60.4 Å². The second kappa shape index (κ2) is 27.4. The molecule has 19 nitrogen and oxygen atoms in total. The highest BCUT2D eigenvalue weighted by atomic mass is 35.5. The molecule has 2 fully saturated rings. The maximum atomic E-state index is 14.4. The Balaban J connectivity index is 1.37. The van der Waals surface area contributed by atoms with Crippen molar-refractivity contribution in [2.45, 2.75) is 167 Å². The number of amides is 5. The van der Waals surface area contributed by atoms with Crippen molar-refractivity contribution in [1.82, 2.24) is 10.6 Å². The number of epoxide rings is 1. The number of nitrogens with two attached hydrogens (primary N) is 1. The van der Waals surface area contributed by atoms with E-state index in [-0.39, 0.29) is 79.8 Å². The summed E-state index contributed by atoms with van der Waals surface area (Å²) in [5.74, 6) is -3.07. The van der Waals surface area contributed by atoms with Gasteiger partial charge in [0.2, 0.25) is 11.8 Å². The SMILES string of the molecule is COc1cc2cc(c1Cl)N(C)C(=O)C[C@H](OC(=O)Nc1ccc(CC(=O)[C@H](CCCNC(N)=O)NC(=O)[C@@H](CC(=O)CCCCC(C)=O)C(C)C)cc1C)[C@]1(C)O[C@H]1[C@H](C)[C@@H]1C[C@@](O)(CC(=O)O1)[C@H](OC)/C=C/C=C(\C)C2. The molecule has 0 aromatic heterocycles. The number of aliphatic hydroxyl groups is 1. The summed E-state index contributed by atoms with van der Waals surface area (Å²) in [5, 5.41) is 20.3. The number of aryl methyl sites for hydroxylation is 1. The molecule has 2 saturated heterocycles. The Morgan fingerprint density at radius 1 is 1.03 bits per heavy atom. The Kier molecular flexibility index (Phi) is 22.0. The van der Waals surface area contributed by atoms with Crippen LogP contribution in [-0.2, 0) is 60.6 Å². The van der Waals surface area contributed by atoms with Gasteiger partial charge in [-0.2, -0.15) is 0 Å². The number of anilines is 2. The first kappa shape index (κ1) is 61.7. The molecule has 6 N–H and O–H groups in total. The summed E-state index contributed by atoms with van der Waals surface area (Å²) < 4.78 is 29.7. The molecular weight excluding hydrogens is 1010 g/mol. The molecule has 422 valence electrons. The lowest BCUT2D eigenvalue weighted by Gasteiger charge is -2.41. The Hall–Kier alpha value is -6.15. The topological polar surface area (TPSA) is 272 Å². The first-order valence-electron chi connectivity index (χ1n) is 26.3. The zero-order valence-corrected chi connectivity index (χ0v) is 46.8. The fraction of sp³-hybridized carbons (Fsp3) is 0.579. The first-order chi connectivity index (χ1) is 36.3. The third kappa shape index (κ3) is 16.9. The van der Waals surface area contributed by atoms with E-state index in [0.717, 1.165) is 11.1 Å². The molecule has 5 rings (SSSR count). The minimum atomic E-state index is -1.63. The monoisotopic (exact) mass is 1090 g/mol. The molecule has 0 spiro atoms. The number of ether oxygens (including phenoxy) is 5. The van der Waals surface area contributed by atoms with Gasteiger partial charge in [0.05, 0.1) is 37.8 Å². The molecule has 3 heterocycles. The van der Waals surface area contributed by atoms with Gasteiger partial charge in [0.1, 0.15) is 51.9 Å². The second-order valence-electron chi connectivity index (χ2n) is 21.4. The minimum absolute atomic E-state index is 0.00994. The molecule has 2 aromatic carbocycles. The standard InChI is InChI=1S/C57H78ClN5O14/c1-32(2)40(28-39(65)17-12-11-16-35(5)64)53(69)61-42(18-14-22-60-54(59)70)44(66)26-37-20-21-41(34(4)24-37)62-55(71)76-48-29-49(67)63(8)43-25-38(27-45(73-9)51(43)58)23-33(3)15-13-19-47(74-10)57(72)30-46(75-50(68)31-57)36(6)52-56(48,7)77-52/h13,15,19-21,24-25,27,32,36,40,42,46-48,52,72H,11-12,14,16-18,22-23,26,28-31H2,1-10H3,(H,61,69)(H,62,71)(H3,59,60,70)/b19-13+,33-15+/t36-,40+,42+,46+,47-,48+,52+,56+,57-/m1/s1. The summed E-state index contributed by atoms with van der Waals surface area (Å²) in [7, 11) is 4.49. The van der Waals surface area contributed by atoms with E-state index in [1.54, 1.807) is 70.3 Å². The highest BCUT2D eigenvalue weighted by molar-refractivity contribution is 6.35. The van der Waals surface area contributed by atoms with E-state index in [1.165, 1.54) is 26.0 Å². The number of unbranched alkanes of at least 4 members (excludes halogenated alkanes) is 1. The maximum absolute atomic E-state index is 14.4. The lowest BCUT2D eigenvalue weighted by molar-refractivity contribution is -0.187. The summed E-state index contributed by atoms with van der Waals surface area (Å²) in [6.45, 7) is 12.5. The van der Waals surface area contributed by atoms with Crippen LogP contribution in [0.1, 0.15) is 122 Å². The lowest BCUT2D eigenvalue weighted by atomic mass is 9.78. The maximum Gasteiger partial charge on any atom is 0.412 e. The Labute approximate surface area is 456 Å². The summed E-state index contributed by atoms with van der Waals surface area (Å²) in [6, 6.07) is 6.82. The molecule has 0 saturated carbocycles. The van der Waals surface area contributed by atoms with Crippen molar-refractivity contribution in [3.05, 3.63) is 75.8 Å². The van der Waals surface area contributed by atoms with Gasteiger partial charge in [-0.05, 0) is 101 Å². The number of allylic oxidation sites excluding steroid dienone is 3. The number of fused-ring (bicyclic) bond motifs is 5. The van der Waals surface area contributed by atoms with Crippen molar-refractivity contribution in [3.8, 4) is 5.75 Å². The van der Waals surface area contributed by atoms with E-state index < -0.39 is 83.4 Å². The Morgan fingerprint density at radius 3 is 2.39 bits per heavy atom. The first-order valence-corrected chi connectivity index (χ1v) is 26.7. The van der Waals surface area contributed by atoms with Crippen molar-refractivity contribution < 1.29 is 67.1 Å². The predicted molar refractivity (Wildman–Crippen MR) is 290 cm³/mol. The number of methoxy groups -OCH3 is 2. The highest BCUT2D eigenvalue weighted by Crippen LogP contribution is 2.50. The average molecular weight is 1090 g/mol. The van der Waals surface area contributed by atoms with Crippen molar-refractivity contribution in [2.24, 2.45) is 23.5 Å². The number of halogens is 1. The van der Waals surface area contributed by atoms with Crippen LogP contribution in [0.2, 0.25) is 5.02 Å². The molecular formula is C57H78ClN5O14. The summed E-state index contributed by atoms with van der Waals surface area (Å²) in [6.07, 6.45) is 2.60. The van der Waals surface area contributed by atoms with Crippen LogP contribution in [0.5, 0.6) is 5.75 Å². The van der Waals surface area contributed by atoms with Crippen LogP contribution in [0, 0.1) is 24.7 Å². The van der Waals surface area contributed by atoms with E-state index >= 15 is 0 Å². The van der Waals surface area contributed by atoms with E-state index in [4.69, 9.17) is 41.0 Å². The lowest BCUT2D eigenvalue weighted by Crippen LogP contribution is -2.53. The third-order valence-electron chi connectivity index (χ3n) is 14.9. The van der Waals surface area contributed by atoms with Gasteiger partial charge in [-0.1, -0.05) is 68.3 Å². The number of urea groups is 1. The number of ketones is 3. The number of hydrogen-bond donors (Lipinski definition) is 5. The number of primary amides is 1. The quantitative estimate of drug-likeness (QED) is 0.0465. The Morgan fingerprint density at radius 2 is 1.74 bits per heavy atom. The van der Waals surface area contributed by atoms with Crippen molar-refractivity contribution in [2.75, 3.05) is 38.0 Å². The number of benzene rings is 2. The normalized spacial score (nSPS) is 25.4. The predicted octanol–water partition coefficient (Wildman–Crippen LogP) is 7.36. The number of carbonyl (C=O) groups is 8. The summed E-state index contributed by atoms with van der Waals surface area (Å²) >= 11 is 6.84. The van der Waals surface area contributed by atoms with Crippen LogP contribution >= 0.6 is 11.6 Å². The number of nitrogens with one attached hydrogen (secondary N) is 3. The third-order valence-corrected chi connectivity index (χ3v) is 15.2. The van der Waals surface area contributed by atoms with E-state index in [2.05, 4.69) is 16.0 Å². The van der Waals surface area contributed by atoms with Gasteiger partial charge in [-0.15, -0.1) is 0 Å². The highest BCUT2D eigenvalue weighted by Gasteiger charge is 2.64. The fourth-order valence-electron chi connectivity index (χ4n) is 10.2. The zero-order chi connectivity index (χ0) is 56.9. The molecule has 77 heavy (non-hydrogen) atoms. The van der Waals surface area contributed by atoms with Crippen LogP contribution in [0.3, 0.4) is 0 Å². The molecule has 0 radical (unpaired) electrons. The number of rotatable bonds is 21. The van der Waals surface area contributed by atoms with Crippen molar-refractivity contribution in [3.63, 3.8) is 0 Å². The molecule has 5 amide bonds. The van der Waals surface area contributed by atoms with Gasteiger partial charge in [-0.25, -0.2) is 9.59 Å².